The molecule has 1 aliphatic rings. The van der Waals surface area contributed by atoms with Crippen molar-refractivity contribution in [3.63, 3.8) is 0 Å². The van der Waals surface area contributed by atoms with Gasteiger partial charge in [-0.3, -0.25) is 9.48 Å². The Labute approximate surface area is 151 Å². The maximum atomic E-state index is 12.6. The number of carbonyl (C=O) groups excluding carboxylic acids is 2. The van der Waals surface area contributed by atoms with E-state index in [2.05, 4.69) is 10.4 Å². The first-order valence-corrected chi connectivity index (χ1v) is 8.55. The molecule has 130 valence electrons. The number of hydrogen-bond donors (Lipinski definition) is 1. The number of thiocarbonyl (C=S) groups is 1. The first-order chi connectivity index (χ1) is 12.0. The Morgan fingerprint density at radius 2 is 2.08 bits per heavy atom. The molecule has 3 rings (SSSR count). The molecular weight excluding hydrogens is 338 g/mol. The molecule has 1 heterocycles. The van der Waals surface area contributed by atoms with Gasteiger partial charge in [0.25, 0.3) is 0 Å². The number of nitrogens with zero attached hydrogens (tertiary/aromatic N) is 2. The van der Waals surface area contributed by atoms with Crippen molar-refractivity contribution in [2.45, 2.75) is 25.7 Å². The lowest BCUT2D eigenvalue weighted by Crippen LogP contribution is -2.32. The van der Waals surface area contributed by atoms with Crippen LogP contribution in [0.3, 0.4) is 0 Å². The van der Waals surface area contributed by atoms with E-state index >= 15 is 0 Å². The second-order valence-electron chi connectivity index (χ2n) is 5.81. The molecule has 25 heavy (non-hydrogen) atoms. The highest BCUT2D eigenvalue weighted by atomic mass is 32.1. The Morgan fingerprint density at radius 1 is 1.36 bits per heavy atom. The Hall–Kier alpha value is -2.54. The van der Waals surface area contributed by atoms with Crippen molar-refractivity contribution in [2.24, 2.45) is 7.05 Å². The summed E-state index contributed by atoms with van der Waals surface area (Å²) in [4.78, 5) is 25.1. The fourth-order valence-corrected chi connectivity index (χ4v) is 3.46. The largest absolute Gasteiger partial charge is 0.461 e. The molecule has 0 aliphatic heterocycles. The molecule has 0 amide bonds. The van der Waals surface area contributed by atoms with Crippen LogP contribution in [-0.2, 0) is 23.0 Å². The van der Waals surface area contributed by atoms with Crippen molar-refractivity contribution in [3.8, 4) is 0 Å². The third kappa shape index (κ3) is 3.32. The van der Waals surface area contributed by atoms with Gasteiger partial charge in [0.05, 0.1) is 17.3 Å². The first-order valence-electron chi connectivity index (χ1n) is 8.14. The molecule has 1 aliphatic carbocycles. The minimum Gasteiger partial charge on any atom is -0.461 e. The van der Waals surface area contributed by atoms with E-state index in [1.165, 1.54) is 0 Å². The monoisotopic (exact) mass is 357 g/mol. The van der Waals surface area contributed by atoms with Gasteiger partial charge in [0, 0.05) is 24.7 Å². The fraction of sp³-hybridized carbons (Fsp3) is 0.333. The van der Waals surface area contributed by atoms with Crippen LogP contribution in [0.1, 0.15) is 41.0 Å². The number of rotatable bonds is 4. The molecule has 0 fully saturated rings. The predicted octanol–water partition coefficient (Wildman–Crippen LogP) is 2.64. The van der Waals surface area contributed by atoms with Gasteiger partial charge in [-0.05, 0) is 25.5 Å². The third-order valence-electron chi connectivity index (χ3n) is 4.18. The Bertz CT molecular complexity index is 830. The number of hydrogen-bond acceptors (Lipinski definition) is 5. The van der Waals surface area contributed by atoms with Gasteiger partial charge >= 0.3 is 5.97 Å². The van der Waals surface area contributed by atoms with E-state index in [0.717, 1.165) is 11.3 Å². The van der Waals surface area contributed by atoms with Crippen LogP contribution >= 0.6 is 12.2 Å². The number of carbonyl (C=O) groups is 2. The highest BCUT2D eigenvalue weighted by Gasteiger charge is 2.37. The van der Waals surface area contributed by atoms with Crippen LogP contribution < -0.4 is 5.32 Å². The van der Waals surface area contributed by atoms with Gasteiger partial charge in [-0.1, -0.05) is 30.4 Å². The molecule has 0 spiro atoms. The summed E-state index contributed by atoms with van der Waals surface area (Å²) in [5, 5.41) is 7.41. The summed E-state index contributed by atoms with van der Waals surface area (Å²) < 4.78 is 6.65. The number of aromatic nitrogens is 2. The van der Waals surface area contributed by atoms with Crippen LogP contribution in [0.15, 0.2) is 30.3 Å². The van der Waals surface area contributed by atoms with Crippen LogP contribution in [0.4, 0.5) is 5.69 Å². The van der Waals surface area contributed by atoms with Crippen molar-refractivity contribution in [3.05, 3.63) is 47.3 Å². The summed E-state index contributed by atoms with van der Waals surface area (Å²) in [6, 6.07) is 9.45. The quantitative estimate of drug-likeness (QED) is 0.670. The summed E-state index contributed by atoms with van der Waals surface area (Å²) in [6.07, 6.45) is 0.799. The molecule has 0 bridgehead atoms. The highest BCUT2D eigenvalue weighted by molar-refractivity contribution is 7.80. The van der Waals surface area contributed by atoms with E-state index in [0.29, 0.717) is 23.5 Å². The summed E-state index contributed by atoms with van der Waals surface area (Å²) >= 11 is 5.51. The maximum Gasteiger partial charge on any atom is 0.359 e. The van der Waals surface area contributed by atoms with E-state index < -0.39 is 11.9 Å². The third-order valence-corrected chi connectivity index (χ3v) is 4.52. The lowest BCUT2D eigenvalue weighted by Gasteiger charge is -2.24. The van der Waals surface area contributed by atoms with Gasteiger partial charge in [-0.15, -0.1) is 0 Å². The molecular formula is C18H19N3O3S. The van der Waals surface area contributed by atoms with E-state index in [4.69, 9.17) is 17.0 Å². The molecule has 0 radical (unpaired) electrons. The van der Waals surface area contributed by atoms with Gasteiger partial charge in [-0.2, -0.15) is 5.10 Å². The molecule has 1 unspecified atom stereocenters. The molecule has 1 atom stereocenters. The first kappa shape index (κ1) is 17.3. The van der Waals surface area contributed by atoms with Crippen molar-refractivity contribution in [1.29, 1.82) is 0 Å². The summed E-state index contributed by atoms with van der Waals surface area (Å²) in [6.45, 7) is 2.03. The van der Waals surface area contributed by atoms with Crippen molar-refractivity contribution in [2.75, 3.05) is 11.9 Å². The molecule has 0 saturated heterocycles. The second-order valence-corrected chi connectivity index (χ2v) is 6.25. The molecule has 7 heteroatoms. The predicted molar refractivity (Wildman–Crippen MR) is 97.9 cm³/mol. The van der Waals surface area contributed by atoms with Gasteiger partial charge in [0.2, 0.25) is 0 Å². The number of nitrogens with one attached hydrogen (secondary N) is 1. The summed E-state index contributed by atoms with van der Waals surface area (Å²) in [5.74, 6) is -1.05. The van der Waals surface area contributed by atoms with Gasteiger partial charge in [0.1, 0.15) is 11.7 Å². The minimum absolute atomic E-state index is 0.0272. The second kappa shape index (κ2) is 7.14. The Kier molecular flexibility index (Phi) is 4.94. The summed E-state index contributed by atoms with van der Waals surface area (Å²) in [5.41, 5.74) is 2.52. The summed E-state index contributed by atoms with van der Waals surface area (Å²) in [7, 11) is 1.72. The number of fused-ring (bicyclic) bond motifs is 1. The zero-order chi connectivity index (χ0) is 18.0. The van der Waals surface area contributed by atoms with Gasteiger partial charge < -0.3 is 10.1 Å². The molecule has 1 aromatic carbocycles. The van der Waals surface area contributed by atoms with E-state index in [-0.39, 0.29) is 18.1 Å². The highest BCUT2D eigenvalue weighted by Crippen LogP contribution is 2.33. The number of esters is 1. The van der Waals surface area contributed by atoms with E-state index in [1.807, 2.05) is 30.3 Å². The lowest BCUT2D eigenvalue weighted by atomic mass is 9.85. The Morgan fingerprint density at radius 3 is 2.76 bits per heavy atom. The van der Waals surface area contributed by atoms with Crippen molar-refractivity contribution >= 4 is 34.6 Å². The number of anilines is 1. The van der Waals surface area contributed by atoms with E-state index in [9.17, 15) is 9.59 Å². The SMILES string of the molecule is CCOC(=O)c1nn(C)c2c1CCC(=O)C2C(=S)Nc1ccccc1. The number of aryl methyl sites for hydroxylation is 1. The lowest BCUT2D eigenvalue weighted by molar-refractivity contribution is -0.119. The fourth-order valence-electron chi connectivity index (χ4n) is 3.10. The minimum atomic E-state index is -0.611. The van der Waals surface area contributed by atoms with Crippen molar-refractivity contribution < 1.29 is 14.3 Å². The molecule has 2 aromatic rings. The van der Waals surface area contributed by atoms with Crippen LogP contribution in [0.2, 0.25) is 0 Å². The Balaban J connectivity index is 1.96. The van der Waals surface area contributed by atoms with Crippen LogP contribution in [-0.4, -0.2) is 33.1 Å². The number of ether oxygens (including phenoxy) is 1. The number of benzene rings is 1. The smallest absolute Gasteiger partial charge is 0.359 e. The molecule has 6 nitrogen and oxygen atoms in total. The number of ketones is 1. The van der Waals surface area contributed by atoms with Gasteiger partial charge in [0.15, 0.2) is 5.69 Å². The maximum absolute atomic E-state index is 12.6. The van der Waals surface area contributed by atoms with Crippen LogP contribution in [0.5, 0.6) is 0 Å². The van der Waals surface area contributed by atoms with Crippen LogP contribution in [0.25, 0.3) is 0 Å². The molecule has 0 saturated carbocycles. The average Bonchev–Trinajstić information content (AvgIpc) is 2.93. The van der Waals surface area contributed by atoms with Crippen LogP contribution in [0, 0.1) is 0 Å². The average molecular weight is 357 g/mol. The van der Waals surface area contributed by atoms with Gasteiger partial charge in [-0.25, -0.2) is 4.79 Å². The number of Topliss-reactive ketones (excluding diaryl/α,β-unsaturated/α-hetero) is 1. The number of para-hydroxylation sites is 1. The standard InChI is InChI=1S/C18H19N3O3S/c1-3-24-18(23)15-12-9-10-13(22)14(16(12)21(2)20-15)17(25)19-11-7-5-4-6-8-11/h4-8,14H,3,9-10H2,1-2H3,(H,19,25). The van der Waals surface area contributed by atoms with Crippen molar-refractivity contribution in [1.82, 2.24) is 9.78 Å². The zero-order valence-corrected chi connectivity index (χ0v) is 14.9. The molecule has 1 N–H and O–H groups in total. The molecule has 1 aromatic heterocycles. The van der Waals surface area contributed by atoms with E-state index in [1.54, 1.807) is 18.7 Å². The zero-order valence-electron chi connectivity index (χ0n) is 14.1. The topological polar surface area (TPSA) is 73.2 Å². The normalized spacial score (nSPS) is 16.2.